The first-order valence-corrected chi connectivity index (χ1v) is 13.6. The number of rotatable bonds is 9. The van der Waals surface area contributed by atoms with E-state index in [0.29, 0.717) is 52.9 Å². The zero-order chi connectivity index (χ0) is 27.6. The minimum Gasteiger partial charge on any atom is -0.497 e. The molecular formula is C28H28N2O8S. The van der Waals surface area contributed by atoms with Gasteiger partial charge in [0.05, 0.1) is 31.7 Å². The first-order chi connectivity index (χ1) is 18.8. The molecule has 11 heteroatoms. The van der Waals surface area contributed by atoms with E-state index in [2.05, 4.69) is 4.98 Å². The molecule has 1 aliphatic rings. The topological polar surface area (TPSA) is 116 Å². The first-order valence-electron chi connectivity index (χ1n) is 12.1. The molecule has 1 aliphatic heterocycles. The summed E-state index contributed by atoms with van der Waals surface area (Å²) in [5.74, 6) is 2.45. The smallest absolute Gasteiger partial charge is 0.252 e. The van der Waals surface area contributed by atoms with Crippen LogP contribution in [0.1, 0.15) is 11.1 Å². The van der Waals surface area contributed by atoms with Crippen LogP contribution in [0.2, 0.25) is 0 Å². The van der Waals surface area contributed by atoms with Crippen LogP contribution in [0.15, 0.2) is 70.4 Å². The Hall–Kier alpha value is -4.22. The number of pyridine rings is 1. The number of sulfonamides is 1. The molecule has 10 nitrogen and oxygen atoms in total. The van der Waals surface area contributed by atoms with E-state index >= 15 is 0 Å². The lowest BCUT2D eigenvalue weighted by Gasteiger charge is -2.24. The predicted molar refractivity (Wildman–Crippen MR) is 145 cm³/mol. The molecule has 0 fully saturated rings. The summed E-state index contributed by atoms with van der Waals surface area (Å²) in [5, 5.41) is 0.670. The molecule has 0 saturated carbocycles. The quantitative estimate of drug-likeness (QED) is 0.334. The van der Waals surface area contributed by atoms with Gasteiger partial charge in [0, 0.05) is 36.2 Å². The Morgan fingerprint density at radius 2 is 1.51 bits per heavy atom. The first kappa shape index (κ1) is 26.4. The van der Waals surface area contributed by atoms with E-state index in [0.717, 1.165) is 5.56 Å². The fourth-order valence-corrected chi connectivity index (χ4v) is 5.80. The Morgan fingerprint density at radius 1 is 0.821 bits per heavy atom. The lowest BCUT2D eigenvalue weighted by molar-refractivity contribution is 0.171. The van der Waals surface area contributed by atoms with Crippen LogP contribution in [0.25, 0.3) is 10.9 Å². The van der Waals surface area contributed by atoms with Crippen LogP contribution in [0.5, 0.6) is 28.7 Å². The van der Waals surface area contributed by atoms with Crippen molar-refractivity contribution in [2.75, 3.05) is 34.5 Å². The summed E-state index contributed by atoms with van der Waals surface area (Å²) in [4.78, 5) is 16.0. The van der Waals surface area contributed by atoms with Crippen molar-refractivity contribution in [2.24, 2.45) is 0 Å². The molecular weight excluding hydrogens is 524 g/mol. The fourth-order valence-electron chi connectivity index (χ4n) is 4.38. The normalized spacial score (nSPS) is 12.9. The van der Waals surface area contributed by atoms with Crippen LogP contribution in [-0.4, -0.2) is 52.3 Å². The van der Waals surface area contributed by atoms with Crippen molar-refractivity contribution in [2.45, 2.75) is 18.0 Å². The van der Waals surface area contributed by atoms with Crippen molar-refractivity contribution in [1.82, 2.24) is 9.29 Å². The summed E-state index contributed by atoms with van der Waals surface area (Å²) in [6.45, 7) is 0.559. The molecule has 3 aromatic carbocycles. The van der Waals surface area contributed by atoms with Crippen molar-refractivity contribution >= 4 is 20.9 Å². The molecule has 1 N–H and O–H groups in total. The molecule has 0 atom stereocenters. The molecule has 5 rings (SSSR count). The van der Waals surface area contributed by atoms with Gasteiger partial charge in [0.1, 0.15) is 19.0 Å². The molecule has 0 spiro atoms. The summed E-state index contributed by atoms with van der Waals surface area (Å²) in [6, 6.07) is 16.7. The van der Waals surface area contributed by atoms with E-state index in [1.807, 2.05) is 0 Å². The van der Waals surface area contributed by atoms with Gasteiger partial charge in [-0.15, -0.1) is 0 Å². The largest absolute Gasteiger partial charge is 0.497 e. The van der Waals surface area contributed by atoms with E-state index in [9.17, 15) is 13.2 Å². The SMILES string of the molecule is COc1ccc(CN(Cc2cc3cc(OC)c(OC)cc3[nH]c2=O)S(=O)(=O)c2ccc3c(c2)OCCO3)cc1. The number of benzene rings is 3. The second kappa shape index (κ2) is 10.9. The molecule has 0 bridgehead atoms. The third kappa shape index (κ3) is 5.36. The predicted octanol–water partition coefficient (Wildman–Crippen LogP) is 3.72. The molecule has 39 heavy (non-hydrogen) atoms. The van der Waals surface area contributed by atoms with E-state index in [-0.39, 0.29) is 23.5 Å². The highest BCUT2D eigenvalue weighted by atomic mass is 32.2. The van der Waals surface area contributed by atoms with Crippen molar-refractivity contribution < 1.29 is 32.1 Å². The monoisotopic (exact) mass is 552 g/mol. The van der Waals surface area contributed by atoms with Gasteiger partial charge in [0.2, 0.25) is 10.0 Å². The van der Waals surface area contributed by atoms with E-state index in [1.54, 1.807) is 55.6 Å². The highest BCUT2D eigenvalue weighted by Crippen LogP contribution is 2.34. The van der Waals surface area contributed by atoms with Gasteiger partial charge in [0.15, 0.2) is 23.0 Å². The average Bonchev–Trinajstić information content (AvgIpc) is 2.96. The summed E-state index contributed by atoms with van der Waals surface area (Å²) in [6.07, 6.45) is 0. The minimum absolute atomic E-state index is 0.0180. The molecule has 4 aromatic rings. The van der Waals surface area contributed by atoms with Crippen LogP contribution in [0.4, 0.5) is 0 Å². The van der Waals surface area contributed by atoms with Crippen molar-refractivity contribution in [3.63, 3.8) is 0 Å². The summed E-state index contributed by atoms with van der Waals surface area (Å²) in [5.41, 5.74) is 1.12. The van der Waals surface area contributed by atoms with Crippen molar-refractivity contribution in [1.29, 1.82) is 0 Å². The van der Waals surface area contributed by atoms with E-state index < -0.39 is 15.6 Å². The number of H-pyrrole nitrogens is 1. The van der Waals surface area contributed by atoms with Gasteiger partial charge in [0.25, 0.3) is 5.56 Å². The van der Waals surface area contributed by atoms with Gasteiger partial charge >= 0.3 is 0 Å². The van der Waals surface area contributed by atoms with Crippen LogP contribution in [-0.2, 0) is 23.1 Å². The Kier molecular flexibility index (Phi) is 7.36. The Labute approximate surface area is 225 Å². The third-order valence-corrected chi connectivity index (χ3v) is 8.23. The number of nitrogens with one attached hydrogen (secondary N) is 1. The van der Waals surface area contributed by atoms with Gasteiger partial charge in [-0.1, -0.05) is 12.1 Å². The van der Waals surface area contributed by atoms with Gasteiger partial charge < -0.3 is 28.7 Å². The summed E-state index contributed by atoms with van der Waals surface area (Å²) >= 11 is 0. The zero-order valence-corrected chi connectivity index (χ0v) is 22.5. The standard InChI is InChI=1S/C28H28N2O8S/c1-34-21-6-4-18(5-7-21)16-30(39(32,33)22-8-9-24-27(14-22)38-11-10-37-24)17-20-12-19-13-25(35-2)26(36-3)15-23(19)29-28(20)31/h4-9,12-15H,10-11,16-17H2,1-3H3,(H,29,31). The second-order valence-electron chi connectivity index (χ2n) is 8.84. The maximum absolute atomic E-state index is 14.0. The number of fused-ring (bicyclic) bond motifs is 2. The Balaban J connectivity index is 1.56. The third-order valence-electron chi connectivity index (χ3n) is 6.44. The fraction of sp³-hybridized carbons (Fsp3) is 0.250. The number of ether oxygens (including phenoxy) is 5. The van der Waals surface area contributed by atoms with Gasteiger partial charge in [-0.3, -0.25) is 4.79 Å². The molecule has 2 heterocycles. The van der Waals surface area contributed by atoms with Gasteiger partial charge in [-0.2, -0.15) is 4.31 Å². The van der Waals surface area contributed by atoms with Crippen LogP contribution >= 0.6 is 0 Å². The molecule has 0 unspecified atom stereocenters. The van der Waals surface area contributed by atoms with Crippen LogP contribution < -0.4 is 29.2 Å². The van der Waals surface area contributed by atoms with Crippen LogP contribution in [0, 0.1) is 0 Å². The highest BCUT2D eigenvalue weighted by molar-refractivity contribution is 7.89. The van der Waals surface area contributed by atoms with Crippen LogP contribution in [0.3, 0.4) is 0 Å². The number of methoxy groups -OCH3 is 3. The Bertz CT molecular complexity index is 1670. The van der Waals surface area contributed by atoms with Crippen molar-refractivity contribution in [3.8, 4) is 28.7 Å². The molecule has 0 saturated heterocycles. The Morgan fingerprint density at radius 3 is 2.21 bits per heavy atom. The number of aromatic amines is 1. The number of aromatic nitrogens is 1. The molecule has 0 radical (unpaired) electrons. The van der Waals surface area contributed by atoms with Gasteiger partial charge in [-0.25, -0.2) is 8.42 Å². The maximum Gasteiger partial charge on any atom is 0.252 e. The average molecular weight is 553 g/mol. The highest BCUT2D eigenvalue weighted by Gasteiger charge is 2.28. The van der Waals surface area contributed by atoms with Crippen molar-refractivity contribution in [3.05, 3.63) is 82.1 Å². The number of hydrogen-bond acceptors (Lipinski definition) is 8. The molecule has 0 aliphatic carbocycles. The molecule has 204 valence electrons. The second-order valence-corrected chi connectivity index (χ2v) is 10.8. The summed E-state index contributed by atoms with van der Waals surface area (Å²) in [7, 11) is 0.519. The van der Waals surface area contributed by atoms with E-state index in [1.165, 1.54) is 30.7 Å². The molecule has 1 aromatic heterocycles. The lowest BCUT2D eigenvalue weighted by Crippen LogP contribution is -2.32. The van der Waals surface area contributed by atoms with E-state index in [4.69, 9.17) is 23.7 Å². The number of nitrogens with zero attached hydrogens (tertiary/aromatic N) is 1. The molecule has 0 amide bonds. The maximum atomic E-state index is 14.0. The lowest BCUT2D eigenvalue weighted by atomic mass is 10.1. The number of hydrogen-bond donors (Lipinski definition) is 1. The minimum atomic E-state index is -4.07. The zero-order valence-electron chi connectivity index (χ0n) is 21.7. The summed E-state index contributed by atoms with van der Waals surface area (Å²) < 4.78 is 56.3. The van der Waals surface area contributed by atoms with Gasteiger partial charge in [-0.05, 0) is 42.0 Å².